The molecule has 4 saturated carbocycles. The molecule has 0 amide bonds. The Morgan fingerprint density at radius 2 is 1.91 bits per heavy atom. The van der Waals surface area contributed by atoms with Crippen LogP contribution in [0, 0.1) is 46.3 Å². The van der Waals surface area contributed by atoms with Crippen molar-refractivity contribution in [1.82, 2.24) is 9.97 Å². The molecule has 6 rings (SSSR count). The van der Waals surface area contributed by atoms with Gasteiger partial charge in [0.05, 0.1) is 6.20 Å². The van der Waals surface area contributed by atoms with Crippen LogP contribution in [-0.4, -0.2) is 16.5 Å². The van der Waals surface area contributed by atoms with Crippen LogP contribution in [0.4, 0.5) is 11.8 Å². The molecular formula is C27H34ClN5. The highest BCUT2D eigenvalue weighted by Crippen LogP contribution is 2.63. The first kappa shape index (κ1) is 22.5. The standard InChI is InChI=1S/C27H34ClN5/c1-17(2)7-23-20-8-18-9-21(23)12-27(10-18,11-20)16-32-25-22(13-29)15-31-26(33-25)30-14-19-5-3-4-6-24(19)28/h3-6,15,17-18,20-21,23H,7-12,14,16H2,1-2H3,(H2,30,31,32,33). The molecule has 2 atom stereocenters. The fourth-order valence-electron chi connectivity index (χ4n) is 7.21. The zero-order chi connectivity index (χ0) is 23.0. The Morgan fingerprint density at radius 1 is 1.15 bits per heavy atom. The highest BCUT2D eigenvalue weighted by atomic mass is 35.5. The summed E-state index contributed by atoms with van der Waals surface area (Å²) in [6, 6.07) is 10.0. The van der Waals surface area contributed by atoms with E-state index in [1.165, 1.54) is 38.5 Å². The van der Waals surface area contributed by atoms with E-state index in [0.717, 1.165) is 46.7 Å². The molecular weight excluding hydrogens is 430 g/mol. The van der Waals surface area contributed by atoms with E-state index in [-0.39, 0.29) is 0 Å². The van der Waals surface area contributed by atoms with E-state index in [4.69, 9.17) is 11.6 Å². The van der Waals surface area contributed by atoms with E-state index < -0.39 is 0 Å². The van der Waals surface area contributed by atoms with Crippen LogP contribution in [0.1, 0.15) is 63.5 Å². The second-order valence-electron chi connectivity index (χ2n) is 11.1. The Hall–Kier alpha value is -2.32. The lowest BCUT2D eigenvalue weighted by Crippen LogP contribution is -2.53. The number of hydrogen-bond donors (Lipinski definition) is 2. The van der Waals surface area contributed by atoms with Gasteiger partial charge in [0, 0.05) is 18.1 Å². The molecule has 0 saturated heterocycles. The molecule has 4 bridgehead atoms. The third kappa shape index (κ3) is 4.68. The van der Waals surface area contributed by atoms with Crippen molar-refractivity contribution in [3.8, 4) is 6.07 Å². The molecule has 174 valence electrons. The SMILES string of the molecule is CC(C)CC1C2CC3CC1CC(CNc1nc(NCc4ccccc4Cl)ncc1C#N)(C3)C2. The Labute approximate surface area is 202 Å². The maximum Gasteiger partial charge on any atom is 0.224 e. The topological polar surface area (TPSA) is 73.6 Å². The quantitative estimate of drug-likeness (QED) is 0.466. The maximum atomic E-state index is 9.63. The summed E-state index contributed by atoms with van der Waals surface area (Å²) in [5.41, 5.74) is 1.85. The fraction of sp³-hybridized carbons (Fsp3) is 0.593. The Kier molecular flexibility index (Phi) is 6.22. The number of rotatable bonds is 8. The first-order valence-electron chi connectivity index (χ1n) is 12.4. The van der Waals surface area contributed by atoms with Crippen LogP contribution < -0.4 is 10.6 Å². The van der Waals surface area contributed by atoms with Crippen molar-refractivity contribution < 1.29 is 0 Å². The maximum absolute atomic E-state index is 9.63. The van der Waals surface area contributed by atoms with Crippen LogP contribution in [-0.2, 0) is 6.54 Å². The smallest absolute Gasteiger partial charge is 0.224 e. The highest BCUT2D eigenvalue weighted by molar-refractivity contribution is 6.31. The van der Waals surface area contributed by atoms with Gasteiger partial charge in [0.1, 0.15) is 17.5 Å². The molecule has 4 aliphatic rings. The normalized spacial score (nSPS) is 29.8. The monoisotopic (exact) mass is 463 g/mol. The first-order chi connectivity index (χ1) is 15.9. The molecule has 1 heterocycles. The van der Waals surface area contributed by atoms with E-state index >= 15 is 0 Å². The van der Waals surface area contributed by atoms with Crippen LogP contribution in [0.5, 0.6) is 0 Å². The lowest BCUT2D eigenvalue weighted by Gasteiger charge is -2.60. The van der Waals surface area contributed by atoms with Gasteiger partial charge in [-0.25, -0.2) is 4.98 Å². The second kappa shape index (κ2) is 9.14. The molecule has 0 spiro atoms. The summed E-state index contributed by atoms with van der Waals surface area (Å²) < 4.78 is 0. The summed E-state index contributed by atoms with van der Waals surface area (Å²) in [4.78, 5) is 9.00. The predicted molar refractivity (Wildman–Crippen MR) is 133 cm³/mol. The van der Waals surface area contributed by atoms with Crippen molar-refractivity contribution in [1.29, 1.82) is 5.26 Å². The molecule has 6 heteroatoms. The van der Waals surface area contributed by atoms with Gasteiger partial charge in [0.2, 0.25) is 5.95 Å². The van der Waals surface area contributed by atoms with Gasteiger partial charge in [-0.15, -0.1) is 0 Å². The molecule has 2 unspecified atom stereocenters. The molecule has 4 aliphatic carbocycles. The molecule has 2 N–H and O–H groups in total. The summed E-state index contributed by atoms with van der Waals surface area (Å²) in [7, 11) is 0. The van der Waals surface area contributed by atoms with Crippen LogP contribution >= 0.6 is 11.6 Å². The van der Waals surface area contributed by atoms with Crippen molar-refractivity contribution in [2.24, 2.45) is 35.0 Å². The highest BCUT2D eigenvalue weighted by Gasteiger charge is 2.54. The summed E-state index contributed by atoms with van der Waals surface area (Å²) in [6.07, 6.45) is 9.85. The molecule has 33 heavy (non-hydrogen) atoms. The zero-order valence-corrected chi connectivity index (χ0v) is 20.4. The number of hydrogen-bond acceptors (Lipinski definition) is 5. The number of anilines is 2. The van der Waals surface area contributed by atoms with Gasteiger partial charge >= 0.3 is 0 Å². The van der Waals surface area contributed by atoms with Crippen LogP contribution in [0.25, 0.3) is 0 Å². The van der Waals surface area contributed by atoms with Gasteiger partial charge in [-0.2, -0.15) is 10.2 Å². The Bertz CT molecular complexity index is 1030. The largest absolute Gasteiger partial charge is 0.368 e. The average molecular weight is 464 g/mol. The van der Waals surface area contributed by atoms with Gasteiger partial charge in [-0.05, 0) is 85.2 Å². The van der Waals surface area contributed by atoms with E-state index in [2.05, 4.69) is 40.5 Å². The van der Waals surface area contributed by atoms with E-state index in [9.17, 15) is 5.26 Å². The third-order valence-electron chi connectivity index (χ3n) is 8.27. The van der Waals surface area contributed by atoms with Crippen molar-refractivity contribution >= 4 is 23.4 Å². The fourth-order valence-corrected chi connectivity index (χ4v) is 7.42. The molecule has 2 aromatic rings. The van der Waals surface area contributed by atoms with Crippen molar-refractivity contribution in [3.05, 3.63) is 46.6 Å². The van der Waals surface area contributed by atoms with Crippen LogP contribution in [0.2, 0.25) is 5.02 Å². The summed E-state index contributed by atoms with van der Waals surface area (Å²) >= 11 is 6.27. The van der Waals surface area contributed by atoms with Crippen LogP contribution in [0.15, 0.2) is 30.5 Å². The van der Waals surface area contributed by atoms with E-state index in [1.807, 2.05) is 24.3 Å². The lowest BCUT2D eigenvalue weighted by atomic mass is 9.45. The first-order valence-corrected chi connectivity index (χ1v) is 12.8. The number of nitrogens with zero attached hydrogens (tertiary/aromatic N) is 3. The third-order valence-corrected chi connectivity index (χ3v) is 8.64. The summed E-state index contributed by atoms with van der Waals surface area (Å²) in [5, 5.41) is 17.2. The van der Waals surface area contributed by atoms with Gasteiger partial charge in [-0.3, -0.25) is 0 Å². The minimum absolute atomic E-state index is 0.354. The van der Waals surface area contributed by atoms with Gasteiger partial charge < -0.3 is 10.6 Å². The Morgan fingerprint density at radius 3 is 2.61 bits per heavy atom. The van der Waals surface area contributed by atoms with Crippen molar-refractivity contribution in [2.45, 2.75) is 58.9 Å². The van der Waals surface area contributed by atoms with Gasteiger partial charge in [-0.1, -0.05) is 43.6 Å². The van der Waals surface area contributed by atoms with Crippen molar-refractivity contribution in [3.63, 3.8) is 0 Å². The molecule has 0 aliphatic heterocycles. The summed E-state index contributed by atoms with van der Waals surface area (Å²) in [6.45, 7) is 6.19. The molecule has 0 radical (unpaired) electrons. The number of nitrogens with one attached hydrogen (secondary N) is 2. The number of aromatic nitrogens is 2. The zero-order valence-electron chi connectivity index (χ0n) is 19.6. The van der Waals surface area contributed by atoms with Gasteiger partial charge in [0.25, 0.3) is 0 Å². The van der Waals surface area contributed by atoms with Gasteiger partial charge in [0.15, 0.2) is 0 Å². The van der Waals surface area contributed by atoms with E-state index in [1.54, 1.807) is 6.20 Å². The minimum Gasteiger partial charge on any atom is -0.368 e. The van der Waals surface area contributed by atoms with E-state index in [0.29, 0.717) is 29.3 Å². The number of nitriles is 1. The van der Waals surface area contributed by atoms with Crippen LogP contribution in [0.3, 0.4) is 0 Å². The number of benzene rings is 1. The molecule has 1 aromatic carbocycles. The van der Waals surface area contributed by atoms with Crippen molar-refractivity contribution in [2.75, 3.05) is 17.2 Å². The lowest BCUT2D eigenvalue weighted by molar-refractivity contribution is -0.0939. The minimum atomic E-state index is 0.354. The Balaban J connectivity index is 1.27. The molecule has 5 nitrogen and oxygen atoms in total. The summed E-state index contributed by atoms with van der Waals surface area (Å²) in [5.74, 6) is 5.52. The number of halogens is 1. The average Bonchev–Trinajstić information content (AvgIpc) is 2.79. The predicted octanol–water partition coefficient (Wildman–Crippen LogP) is 6.51. The second-order valence-corrected chi connectivity index (χ2v) is 11.5. The molecule has 4 fully saturated rings. The molecule has 1 aromatic heterocycles.